The molecule has 2 aromatic heterocycles. The summed E-state index contributed by atoms with van der Waals surface area (Å²) in [6, 6.07) is 0. The molecule has 0 spiro atoms. The SMILES string of the molecule is Cc1nn(C)c(C)c1CCC(=O)Nc1nnc(C2CC2)s1. The molecule has 7 heteroatoms. The van der Waals surface area contributed by atoms with Crippen LogP contribution in [0.4, 0.5) is 5.13 Å². The maximum Gasteiger partial charge on any atom is 0.226 e. The molecule has 2 heterocycles. The molecule has 1 aliphatic rings. The van der Waals surface area contributed by atoms with Crippen molar-refractivity contribution >= 4 is 22.4 Å². The van der Waals surface area contributed by atoms with Gasteiger partial charge in [0.05, 0.1) is 5.69 Å². The number of nitrogens with zero attached hydrogens (tertiary/aromatic N) is 4. The number of carbonyl (C=O) groups excluding carboxylic acids is 1. The first-order chi connectivity index (χ1) is 10.0. The predicted octanol–water partition coefficient (Wildman–Crippen LogP) is 2.34. The lowest BCUT2D eigenvalue weighted by molar-refractivity contribution is -0.116. The van der Waals surface area contributed by atoms with Crippen LogP contribution in [0, 0.1) is 13.8 Å². The van der Waals surface area contributed by atoms with Gasteiger partial charge in [-0.1, -0.05) is 11.3 Å². The van der Waals surface area contributed by atoms with Gasteiger partial charge < -0.3 is 5.32 Å². The number of nitrogens with one attached hydrogen (secondary N) is 1. The van der Waals surface area contributed by atoms with E-state index in [1.165, 1.54) is 24.2 Å². The zero-order chi connectivity index (χ0) is 15.0. The Morgan fingerprint density at radius 1 is 1.38 bits per heavy atom. The van der Waals surface area contributed by atoms with Crippen molar-refractivity contribution in [2.24, 2.45) is 7.05 Å². The first-order valence-electron chi connectivity index (χ1n) is 7.17. The third kappa shape index (κ3) is 3.12. The number of rotatable bonds is 5. The third-order valence-corrected chi connectivity index (χ3v) is 4.88. The molecule has 21 heavy (non-hydrogen) atoms. The zero-order valence-electron chi connectivity index (χ0n) is 12.5. The van der Waals surface area contributed by atoms with Crippen molar-refractivity contribution in [2.75, 3.05) is 5.32 Å². The fraction of sp³-hybridized carbons (Fsp3) is 0.571. The first kappa shape index (κ1) is 14.2. The van der Waals surface area contributed by atoms with Crippen LogP contribution in [0.2, 0.25) is 0 Å². The standard InChI is InChI=1S/C14H19N5OS/c1-8-11(9(2)19(3)18-8)6-7-12(20)15-14-17-16-13(21-14)10-4-5-10/h10H,4-7H2,1-3H3,(H,15,17,20). The third-order valence-electron chi connectivity index (χ3n) is 3.87. The zero-order valence-corrected chi connectivity index (χ0v) is 13.3. The minimum Gasteiger partial charge on any atom is -0.301 e. The molecule has 3 rings (SSSR count). The van der Waals surface area contributed by atoms with Gasteiger partial charge in [-0.25, -0.2) is 0 Å². The molecule has 1 fully saturated rings. The van der Waals surface area contributed by atoms with Gasteiger partial charge in [-0.15, -0.1) is 10.2 Å². The van der Waals surface area contributed by atoms with Crippen LogP contribution in [-0.2, 0) is 18.3 Å². The van der Waals surface area contributed by atoms with Gasteiger partial charge in [-0.2, -0.15) is 5.10 Å². The highest BCUT2D eigenvalue weighted by Crippen LogP contribution is 2.42. The number of amides is 1. The minimum absolute atomic E-state index is 0.0175. The molecular formula is C14H19N5OS. The van der Waals surface area contributed by atoms with Crippen molar-refractivity contribution < 1.29 is 4.79 Å². The van der Waals surface area contributed by atoms with E-state index in [0.29, 0.717) is 23.9 Å². The summed E-state index contributed by atoms with van der Waals surface area (Å²) < 4.78 is 1.86. The fourth-order valence-electron chi connectivity index (χ4n) is 2.38. The molecule has 1 saturated carbocycles. The molecule has 0 radical (unpaired) electrons. The Morgan fingerprint density at radius 3 is 2.76 bits per heavy atom. The average molecular weight is 305 g/mol. The lowest BCUT2D eigenvalue weighted by atomic mass is 10.1. The average Bonchev–Trinajstić information content (AvgIpc) is 3.13. The highest BCUT2D eigenvalue weighted by molar-refractivity contribution is 7.15. The molecule has 1 aliphatic carbocycles. The minimum atomic E-state index is -0.0175. The van der Waals surface area contributed by atoms with Gasteiger partial charge in [-0.3, -0.25) is 9.48 Å². The summed E-state index contributed by atoms with van der Waals surface area (Å²) in [6.45, 7) is 4.01. The van der Waals surface area contributed by atoms with Crippen LogP contribution in [0.3, 0.4) is 0 Å². The van der Waals surface area contributed by atoms with E-state index < -0.39 is 0 Å². The Morgan fingerprint density at radius 2 is 2.14 bits per heavy atom. The van der Waals surface area contributed by atoms with Gasteiger partial charge in [0.25, 0.3) is 0 Å². The topological polar surface area (TPSA) is 72.7 Å². The van der Waals surface area contributed by atoms with Crippen LogP contribution in [0.5, 0.6) is 0 Å². The molecule has 0 atom stereocenters. The maximum absolute atomic E-state index is 12.0. The van der Waals surface area contributed by atoms with Crippen LogP contribution in [0.15, 0.2) is 0 Å². The summed E-state index contributed by atoms with van der Waals surface area (Å²) in [4.78, 5) is 12.0. The van der Waals surface area contributed by atoms with Gasteiger partial charge in [0, 0.05) is 25.1 Å². The van der Waals surface area contributed by atoms with E-state index in [1.54, 1.807) is 0 Å². The second-order valence-electron chi connectivity index (χ2n) is 5.54. The Balaban J connectivity index is 1.56. The van der Waals surface area contributed by atoms with E-state index in [-0.39, 0.29) is 5.91 Å². The second kappa shape index (κ2) is 5.55. The Labute approximate surface area is 127 Å². The van der Waals surface area contributed by atoms with Crippen molar-refractivity contribution in [1.29, 1.82) is 0 Å². The number of hydrogen-bond acceptors (Lipinski definition) is 5. The fourth-order valence-corrected chi connectivity index (χ4v) is 3.31. The number of anilines is 1. The van der Waals surface area contributed by atoms with E-state index in [4.69, 9.17) is 0 Å². The summed E-state index contributed by atoms with van der Waals surface area (Å²) >= 11 is 1.49. The highest BCUT2D eigenvalue weighted by atomic mass is 32.1. The van der Waals surface area contributed by atoms with E-state index in [0.717, 1.165) is 22.0 Å². The maximum atomic E-state index is 12.0. The van der Waals surface area contributed by atoms with Crippen molar-refractivity contribution in [3.8, 4) is 0 Å². The van der Waals surface area contributed by atoms with Gasteiger partial charge >= 0.3 is 0 Å². The van der Waals surface area contributed by atoms with Gasteiger partial charge in [-0.05, 0) is 38.7 Å². The summed E-state index contributed by atoms with van der Waals surface area (Å²) in [6.07, 6.45) is 3.53. The molecule has 6 nitrogen and oxygen atoms in total. The van der Waals surface area contributed by atoms with Gasteiger partial charge in [0.2, 0.25) is 11.0 Å². The van der Waals surface area contributed by atoms with Gasteiger partial charge in [0.1, 0.15) is 5.01 Å². The van der Waals surface area contributed by atoms with Crippen molar-refractivity contribution in [2.45, 2.75) is 45.4 Å². The van der Waals surface area contributed by atoms with Crippen LogP contribution in [-0.4, -0.2) is 25.9 Å². The molecular weight excluding hydrogens is 286 g/mol. The molecule has 0 unspecified atom stereocenters. The van der Waals surface area contributed by atoms with Crippen LogP contribution < -0.4 is 5.32 Å². The molecule has 1 amide bonds. The monoisotopic (exact) mass is 305 g/mol. The summed E-state index contributed by atoms with van der Waals surface area (Å²) in [7, 11) is 1.92. The molecule has 112 valence electrons. The number of carbonyl (C=O) groups is 1. The predicted molar refractivity (Wildman–Crippen MR) is 81.5 cm³/mol. The molecule has 0 aliphatic heterocycles. The number of aromatic nitrogens is 4. The molecule has 1 N–H and O–H groups in total. The van der Waals surface area contributed by atoms with Crippen molar-refractivity contribution in [3.63, 3.8) is 0 Å². The molecule has 0 aromatic carbocycles. The Bertz CT molecular complexity index is 671. The second-order valence-corrected chi connectivity index (χ2v) is 6.55. The molecule has 0 saturated heterocycles. The summed E-state index contributed by atoms with van der Waals surface area (Å²) in [5, 5.41) is 17.0. The van der Waals surface area contributed by atoms with E-state index in [1.807, 2.05) is 25.6 Å². The lowest BCUT2D eigenvalue weighted by Gasteiger charge is -2.02. The van der Waals surface area contributed by atoms with Gasteiger partial charge in [0.15, 0.2) is 0 Å². The largest absolute Gasteiger partial charge is 0.301 e. The van der Waals surface area contributed by atoms with Crippen LogP contribution in [0.25, 0.3) is 0 Å². The van der Waals surface area contributed by atoms with E-state index >= 15 is 0 Å². The van der Waals surface area contributed by atoms with Crippen LogP contribution >= 0.6 is 11.3 Å². The van der Waals surface area contributed by atoms with Crippen molar-refractivity contribution in [3.05, 3.63) is 22.0 Å². The summed E-state index contributed by atoms with van der Waals surface area (Å²) in [5.41, 5.74) is 3.27. The Kier molecular flexibility index (Phi) is 3.75. The summed E-state index contributed by atoms with van der Waals surface area (Å²) in [5.74, 6) is 0.560. The van der Waals surface area contributed by atoms with Crippen molar-refractivity contribution in [1.82, 2.24) is 20.0 Å². The first-order valence-corrected chi connectivity index (χ1v) is 7.98. The number of hydrogen-bond donors (Lipinski definition) is 1. The quantitative estimate of drug-likeness (QED) is 0.920. The van der Waals surface area contributed by atoms with Crippen LogP contribution in [0.1, 0.15) is 47.1 Å². The van der Waals surface area contributed by atoms with E-state index in [2.05, 4.69) is 20.6 Å². The normalized spacial score (nSPS) is 14.4. The smallest absolute Gasteiger partial charge is 0.226 e. The highest BCUT2D eigenvalue weighted by Gasteiger charge is 2.27. The lowest BCUT2D eigenvalue weighted by Crippen LogP contribution is -2.12. The number of aryl methyl sites for hydroxylation is 2. The Hall–Kier alpha value is -1.76. The molecule has 0 bridgehead atoms. The molecule has 2 aromatic rings. The van der Waals surface area contributed by atoms with E-state index in [9.17, 15) is 4.79 Å².